The van der Waals surface area contributed by atoms with Crippen molar-refractivity contribution in [2.45, 2.75) is 65.2 Å². The second-order valence-electron chi connectivity index (χ2n) is 12.9. The molecule has 0 fully saturated rings. The molecule has 1 aliphatic heterocycles. The highest BCUT2D eigenvalue weighted by molar-refractivity contribution is 6.21. The van der Waals surface area contributed by atoms with Gasteiger partial charge in [-0.2, -0.15) is 0 Å². The molecule has 0 saturated carbocycles. The van der Waals surface area contributed by atoms with E-state index in [2.05, 4.69) is 24.1 Å². The molecule has 284 valence electrons. The van der Waals surface area contributed by atoms with E-state index in [0.717, 1.165) is 38.5 Å². The standard InChI is InChI=1S/2C21H23NO5/c2*1-3-4-5-8-14-20(24)15-11-13(26-2)12-18(19(15)22-21(14)25)27-17-10-7-6-9-16(17)23/h6-7,9-12,23H,3-5,8H2,1-2H3,(H2,22,24,25);6-7,9-12,14,23H,3-5,8H2,1-2H3,(H,22,25). The van der Waals surface area contributed by atoms with Crippen LogP contribution < -0.4 is 29.8 Å². The molecule has 2 heterocycles. The number of para-hydroxylation sites is 4. The molecule has 1 unspecified atom stereocenters. The van der Waals surface area contributed by atoms with Crippen molar-refractivity contribution in [1.29, 1.82) is 0 Å². The molecule has 0 aliphatic carbocycles. The minimum Gasteiger partial charge on any atom is -0.507 e. The fraction of sp³-hybridized carbons (Fsp3) is 0.310. The molecule has 4 aromatic carbocycles. The van der Waals surface area contributed by atoms with E-state index >= 15 is 0 Å². The first-order valence-corrected chi connectivity index (χ1v) is 18.0. The van der Waals surface area contributed by atoms with Crippen LogP contribution in [0, 0.1) is 5.92 Å². The van der Waals surface area contributed by atoms with Gasteiger partial charge in [0.05, 0.1) is 31.0 Å². The van der Waals surface area contributed by atoms with Gasteiger partial charge in [0.2, 0.25) is 5.91 Å². The van der Waals surface area contributed by atoms with Crippen molar-refractivity contribution in [1.82, 2.24) is 4.98 Å². The number of pyridine rings is 1. The lowest BCUT2D eigenvalue weighted by Gasteiger charge is -2.26. The lowest BCUT2D eigenvalue weighted by molar-refractivity contribution is -0.119. The van der Waals surface area contributed by atoms with E-state index in [-0.39, 0.29) is 57.5 Å². The number of ether oxygens (including phenoxy) is 4. The molecule has 1 amide bonds. The van der Waals surface area contributed by atoms with Gasteiger partial charge in [-0.1, -0.05) is 70.2 Å². The molecule has 0 bridgehead atoms. The average molecular weight is 739 g/mol. The number of phenolic OH excluding ortho intramolecular Hbond substituents is 2. The summed E-state index contributed by atoms with van der Waals surface area (Å²) in [5, 5.41) is 33.9. The average Bonchev–Trinajstić information content (AvgIpc) is 3.17. The third-order valence-electron chi connectivity index (χ3n) is 9.12. The number of H-pyrrole nitrogens is 1. The van der Waals surface area contributed by atoms with Crippen LogP contribution >= 0.6 is 0 Å². The van der Waals surface area contributed by atoms with Crippen molar-refractivity contribution in [3.8, 4) is 51.7 Å². The highest BCUT2D eigenvalue weighted by atomic mass is 16.5. The monoisotopic (exact) mass is 738 g/mol. The van der Waals surface area contributed by atoms with Crippen molar-refractivity contribution < 1.29 is 43.9 Å². The van der Waals surface area contributed by atoms with E-state index in [1.54, 1.807) is 60.7 Å². The molecule has 6 rings (SSSR count). The Morgan fingerprint density at radius 3 is 1.87 bits per heavy atom. The number of aromatic hydroxyl groups is 3. The van der Waals surface area contributed by atoms with E-state index in [9.17, 15) is 29.7 Å². The summed E-state index contributed by atoms with van der Waals surface area (Å²) in [7, 11) is 3.01. The van der Waals surface area contributed by atoms with Gasteiger partial charge in [0, 0.05) is 23.1 Å². The zero-order valence-electron chi connectivity index (χ0n) is 30.9. The first-order chi connectivity index (χ1) is 26.1. The number of aromatic nitrogens is 1. The molecular formula is C42H46N2O10. The van der Waals surface area contributed by atoms with Crippen LogP contribution in [-0.2, 0) is 11.2 Å². The normalized spacial score (nSPS) is 13.4. The zero-order valence-corrected chi connectivity index (χ0v) is 30.9. The van der Waals surface area contributed by atoms with Gasteiger partial charge in [-0.05, 0) is 55.7 Å². The van der Waals surface area contributed by atoms with Gasteiger partial charge in [-0.15, -0.1) is 0 Å². The van der Waals surface area contributed by atoms with Crippen molar-refractivity contribution in [3.05, 3.63) is 94.3 Å². The van der Waals surface area contributed by atoms with Crippen LogP contribution in [-0.4, -0.2) is 46.2 Å². The summed E-state index contributed by atoms with van der Waals surface area (Å²) in [6, 6.07) is 19.5. The lowest BCUT2D eigenvalue weighted by atomic mass is 9.87. The Hall–Kier alpha value is -6.17. The number of benzene rings is 4. The van der Waals surface area contributed by atoms with Gasteiger partial charge in [0.25, 0.3) is 5.56 Å². The minimum absolute atomic E-state index is 0.0313. The van der Waals surface area contributed by atoms with E-state index in [0.29, 0.717) is 52.1 Å². The van der Waals surface area contributed by atoms with Gasteiger partial charge in [-0.25, -0.2) is 0 Å². The Morgan fingerprint density at radius 2 is 1.26 bits per heavy atom. The van der Waals surface area contributed by atoms with Gasteiger partial charge >= 0.3 is 0 Å². The van der Waals surface area contributed by atoms with Crippen LogP contribution in [0.3, 0.4) is 0 Å². The van der Waals surface area contributed by atoms with Crippen LogP contribution in [0.4, 0.5) is 5.69 Å². The Balaban J connectivity index is 0.000000208. The van der Waals surface area contributed by atoms with Crippen LogP contribution in [0.15, 0.2) is 77.6 Å². The van der Waals surface area contributed by atoms with E-state index in [1.165, 1.54) is 26.4 Å². The first kappa shape index (κ1) is 39.0. The molecule has 0 saturated heterocycles. The van der Waals surface area contributed by atoms with Crippen molar-refractivity contribution >= 4 is 28.3 Å². The van der Waals surface area contributed by atoms with Gasteiger partial charge < -0.3 is 44.6 Å². The lowest BCUT2D eigenvalue weighted by Crippen LogP contribution is -2.35. The van der Waals surface area contributed by atoms with Crippen molar-refractivity contribution in [3.63, 3.8) is 0 Å². The predicted octanol–water partition coefficient (Wildman–Crippen LogP) is 9.00. The molecule has 1 atom stereocenters. The summed E-state index contributed by atoms with van der Waals surface area (Å²) < 4.78 is 22.2. The van der Waals surface area contributed by atoms with Crippen molar-refractivity contribution in [2.24, 2.45) is 5.92 Å². The number of ketones is 1. The fourth-order valence-corrected chi connectivity index (χ4v) is 6.16. The molecule has 1 aliphatic rings. The largest absolute Gasteiger partial charge is 0.507 e. The number of phenols is 2. The summed E-state index contributed by atoms with van der Waals surface area (Å²) in [4.78, 5) is 40.8. The molecule has 0 spiro atoms. The second-order valence-corrected chi connectivity index (χ2v) is 12.9. The SMILES string of the molecule is CCCCCC1C(=O)Nc2c(Oc3ccccc3O)cc(OC)cc2C1=O.CCCCCc1c(O)c2cc(OC)cc(Oc3ccccc3O)c2[nH]c1=O. The predicted molar refractivity (Wildman–Crippen MR) is 206 cm³/mol. The number of fused-ring (bicyclic) bond motifs is 2. The number of aromatic amines is 1. The number of Topliss-reactive ketones (excluding diaryl/α,β-unsaturated/α-hetero) is 1. The Morgan fingerprint density at radius 1 is 0.685 bits per heavy atom. The summed E-state index contributed by atoms with van der Waals surface area (Å²) in [6.07, 6.45) is 6.66. The summed E-state index contributed by atoms with van der Waals surface area (Å²) in [6.45, 7) is 4.16. The number of methoxy groups -OCH3 is 2. The number of hydrogen-bond donors (Lipinski definition) is 5. The van der Waals surface area contributed by atoms with Crippen LogP contribution in [0.2, 0.25) is 0 Å². The minimum atomic E-state index is -0.700. The zero-order chi connectivity index (χ0) is 38.8. The smallest absolute Gasteiger partial charge is 0.255 e. The molecule has 5 aromatic rings. The highest BCUT2D eigenvalue weighted by Gasteiger charge is 2.36. The number of amides is 1. The highest BCUT2D eigenvalue weighted by Crippen LogP contribution is 2.43. The van der Waals surface area contributed by atoms with Crippen LogP contribution in [0.5, 0.6) is 51.7 Å². The maximum atomic E-state index is 12.9. The Bertz CT molecular complexity index is 2180. The number of nitrogens with one attached hydrogen (secondary N) is 2. The number of carbonyl (C=O) groups excluding carboxylic acids is 2. The molecule has 12 nitrogen and oxygen atoms in total. The number of carbonyl (C=O) groups is 2. The summed E-state index contributed by atoms with van der Waals surface area (Å²) >= 11 is 0. The molecule has 0 radical (unpaired) electrons. The molecule has 1 aromatic heterocycles. The first-order valence-electron chi connectivity index (χ1n) is 18.0. The fourth-order valence-electron chi connectivity index (χ4n) is 6.16. The van der Waals surface area contributed by atoms with Crippen LogP contribution in [0.1, 0.15) is 74.7 Å². The third kappa shape index (κ3) is 8.88. The maximum Gasteiger partial charge on any atom is 0.255 e. The van der Waals surface area contributed by atoms with E-state index in [1.807, 2.05) is 0 Å². The van der Waals surface area contributed by atoms with Gasteiger partial charge in [0.15, 0.2) is 40.3 Å². The van der Waals surface area contributed by atoms with Gasteiger partial charge in [0.1, 0.15) is 23.2 Å². The molecule has 12 heteroatoms. The summed E-state index contributed by atoms with van der Waals surface area (Å²) in [5.41, 5.74) is 1.03. The van der Waals surface area contributed by atoms with E-state index < -0.39 is 5.92 Å². The Labute approximate surface area is 313 Å². The maximum absolute atomic E-state index is 12.9. The number of unbranched alkanes of at least 4 members (excludes halogenated alkanes) is 4. The molecule has 54 heavy (non-hydrogen) atoms. The Kier molecular flexibility index (Phi) is 13.0. The van der Waals surface area contributed by atoms with Crippen molar-refractivity contribution in [2.75, 3.05) is 19.5 Å². The summed E-state index contributed by atoms with van der Waals surface area (Å²) in [5.74, 6) is 0.501. The van der Waals surface area contributed by atoms with Crippen LogP contribution in [0.25, 0.3) is 10.9 Å². The number of rotatable bonds is 14. The third-order valence-corrected chi connectivity index (χ3v) is 9.12. The quantitative estimate of drug-likeness (QED) is 0.0546. The number of anilines is 1. The molecular weight excluding hydrogens is 692 g/mol. The molecule has 5 N–H and O–H groups in total. The van der Waals surface area contributed by atoms with Gasteiger partial charge in [-0.3, -0.25) is 14.4 Å². The topological polar surface area (TPSA) is 177 Å². The number of hydrogen-bond acceptors (Lipinski definition) is 10. The second kappa shape index (κ2) is 18.0. The van der Waals surface area contributed by atoms with E-state index in [4.69, 9.17) is 18.9 Å².